The summed E-state index contributed by atoms with van der Waals surface area (Å²) in [6.07, 6.45) is 0. The highest BCUT2D eigenvalue weighted by atomic mass is 32.1. The summed E-state index contributed by atoms with van der Waals surface area (Å²) in [4.78, 5) is 22.8. The highest BCUT2D eigenvalue weighted by Gasteiger charge is 2.18. The van der Waals surface area contributed by atoms with Crippen molar-refractivity contribution in [1.82, 2.24) is 14.8 Å². The van der Waals surface area contributed by atoms with Gasteiger partial charge in [-0.2, -0.15) is 0 Å². The van der Waals surface area contributed by atoms with E-state index in [0.29, 0.717) is 6.54 Å². The maximum Gasteiger partial charge on any atom is 0.254 e. The Bertz CT molecular complexity index is 887. The highest BCUT2D eigenvalue weighted by Crippen LogP contribution is 2.29. The van der Waals surface area contributed by atoms with E-state index in [2.05, 4.69) is 4.90 Å². The molecule has 0 unspecified atom stereocenters. The molecule has 0 aliphatic heterocycles. The molecule has 2 heterocycles. The molecular formula is C20H23N3OS. The van der Waals surface area contributed by atoms with E-state index >= 15 is 0 Å². The van der Waals surface area contributed by atoms with Gasteiger partial charge in [0.2, 0.25) is 0 Å². The fourth-order valence-corrected chi connectivity index (χ4v) is 3.41. The standard InChI is InChI=1S/C20H23N3OS/c1-14-7-8-17-15(12-14)16(20(24)23(4)10-9-22(2)3)13-18(21-17)19-6-5-11-25-19/h5-8,11-13H,9-10H2,1-4H3. The summed E-state index contributed by atoms with van der Waals surface area (Å²) < 4.78 is 0. The molecule has 0 aliphatic carbocycles. The lowest BCUT2D eigenvalue weighted by atomic mass is 10.0. The average Bonchev–Trinajstić information content (AvgIpc) is 3.12. The van der Waals surface area contributed by atoms with Crippen LogP contribution in [-0.2, 0) is 0 Å². The zero-order chi connectivity index (χ0) is 18.0. The minimum atomic E-state index is 0.0395. The third-order valence-electron chi connectivity index (χ3n) is 4.20. The summed E-state index contributed by atoms with van der Waals surface area (Å²) in [5.41, 5.74) is 3.57. The number of rotatable bonds is 5. The molecule has 4 nitrogen and oxygen atoms in total. The smallest absolute Gasteiger partial charge is 0.254 e. The van der Waals surface area contributed by atoms with Crippen LogP contribution in [0.5, 0.6) is 0 Å². The third kappa shape index (κ3) is 3.89. The summed E-state index contributed by atoms with van der Waals surface area (Å²) in [7, 11) is 5.88. The van der Waals surface area contributed by atoms with Gasteiger partial charge < -0.3 is 9.80 Å². The molecule has 25 heavy (non-hydrogen) atoms. The minimum Gasteiger partial charge on any atom is -0.340 e. The summed E-state index contributed by atoms with van der Waals surface area (Å²) >= 11 is 1.64. The molecule has 0 fully saturated rings. The van der Waals surface area contributed by atoms with Crippen LogP contribution in [0, 0.1) is 6.92 Å². The van der Waals surface area contributed by atoms with Gasteiger partial charge >= 0.3 is 0 Å². The fourth-order valence-electron chi connectivity index (χ4n) is 2.72. The van der Waals surface area contributed by atoms with E-state index in [4.69, 9.17) is 4.98 Å². The summed E-state index contributed by atoms with van der Waals surface area (Å²) in [5, 5.41) is 2.95. The molecule has 0 radical (unpaired) electrons. The molecule has 0 aliphatic rings. The van der Waals surface area contributed by atoms with Gasteiger partial charge in [0.1, 0.15) is 0 Å². The van der Waals surface area contributed by atoms with Crippen LogP contribution in [0.2, 0.25) is 0 Å². The second-order valence-electron chi connectivity index (χ2n) is 6.58. The van der Waals surface area contributed by atoms with Gasteiger partial charge in [0.25, 0.3) is 5.91 Å². The fraction of sp³-hybridized carbons (Fsp3) is 0.300. The Labute approximate surface area is 152 Å². The van der Waals surface area contributed by atoms with Crippen molar-refractivity contribution in [3.8, 4) is 10.6 Å². The number of hydrogen-bond donors (Lipinski definition) is 0. The zero-order valence-corrected chi connectivity index (χ0v) is 15.9. The van der Waals surface area contributed by atoms with Crippen molar-refractivity contribution in [3.63, 3.8) is 0 Å². The first-order chi connectivity index (χ1) is 12.0. The van der Waals surface area contributed by atoms with Crippen molar-refractivity contribution in [2.45, 2.75) is 6.92 Å². The Hall–Kier alpha value is -2.24. The van der Waals surface area contributed by atoms with Crippen molar-refractivity contribution in [2.75, 3.05) is 34.2 Å². The van der Waals surface area contributed by atoms with Crippen LogP contribution in [0.4, 0.5) is 0 Å². The summed E-state index contributed by atoms with van der Waals surface area (Å²) in [5.74, 6) is 0.0395. The largest absolute Gasteiger partial charge is 0.340 e. The quantitative estimate of drug-likeness (QED) is 0.698. The first-order valence-electron chi connectivity index (χ1n) is 8.31. The lowest BCUT2D eigenvalue weighted by Gasteiger charge is -2.21. The Kier molecular flexibility index (Phi) is 5.16. The Morgan fingerprint density at radius 2 is 1.92 bits per heavy atom. The maximum absolute atomic E-state index is 13.1. The average molecular weight is 353 g/mol. The number of carbonyl (C=O) groups is 1. The number of likely N-dealkylation sites (N-methyl/N-ethyl adjacent to an activating group) is 2. The number of carbonyl (C=O) groups excluding carboxylic acids is 1. The third-order valence-corrected chi connectivity index (χ3v) is 5.09. The second-order valence-corrected chi connectivity index (χ2v) is 7.53. The first-order valence-corrected chi connectivity index (χ1v) is 9.19. The van der Waals surface area contributed by atoms with E-state index in [1.165, 1.54) is 0 Å². The highest BCUT2D eigenvalue weighted by molar-refractivity contribution is 7.13. The van der Waals surface area contributed by atoms with Crippen LogP contribution in [-0.4, -0.2) is 54.9 Å². The van der Waals surface area contributed by atoms with Gasteiger partial charge in [0.05, 0.1) is 21.7 Å². The lowest BCUT2D eigenvalue weighted by molar-refractivity contribution is 0.0788. The van der Waals surface area contributed by atoms with Crippen LogP contribution >= 0.6 is 11.3 Å². The number of hydrogen-bond acceptors (Lipinski definition) is 4. The number of nitrogens with zero attached hydrogens (tertiary/aromatic N) is 3. The molecule has 2 aromatic heterocycles. The number of benzene rings is 1. The Morgan fingerprint density at radius 1 is 1.12 bits per heavy atom. The summed E-state index contributed by atoms with van der Waals surface area (Å²) in [6.45, 7) is 3.56. The topological polar surface area (TPSA) is 36.4 Å². The number of aryl methyl sites for hydroxylation is 1. The van der Waals surface area contributed by atoms with Gasteiger partial charge in [0, 0.05) is 25.5 Å². The minimum absolute atomic E-state index is 0.0395. The molecule has 3 rings (SSSR count). The molecule has 0 N–H and O–H groups in total. The van der Waals surface area contributed by atoms with Crippen LogP contribution < -0.4 is 0 Å². The van der Waals surface area contributed by atoms with Gasteiger partial charge in [0.15, 0.2) is 0 Å². The second kappa shape index (κ2) is 7.33. The van der Waals surface area contributed by atoms with E-state index in [0.717, 1.165) is 39.1 Å². The van der Waals surface area contributed by atoms with Crippen molar-refractivity contribution in [3.05, 3.63) is 52.9 Å². The van der Waals surface area contributed by atoms with Crippen molar-refractivity contribution in [1.29, 1.82) is 0 Å². The van der Waals surface area contributed by atoms with Gasteiger partial charge in [-0.3, -0.25) is 4.79 Å². The molecular weight excluding hydrogens is 330 g/mol. The molecule has 3 aromatic rings. The molecule has 130 valence electrons. The number of fused-ring (bicyclic) bond motifs is 1. The van der Waals surface area contributed by atoms with E-state index < -0.39 is 0 Å². The number of amides is 1. The number of thiophene rings is 1. The van der Waals surface area contributed by atoms with E-state index in [9.17, 15) is 4.79 Å². The monoisotopic (exact) mass is 353 g/mol. The van der Waals surface area contributed by atoms with Crippen molar-refractivity contribution in [2.24, 2.45) is 0 Å². The number of aromatic nitrogens is 1. The van der Waals surface area contributed by atoms with Gasteiger partial charge in [-0.25, -0.2) is 4.98 Å². The molecule has 0 atom stereocenters. The molecule has 0 saturated heterocycles. The predicted molar refractivity (Wildman–Crippen MR) is 105 cm³/mol. The van der Waals surface area contributed by atoms with Gasteiger partial charge in [-0.05, 0) is 50.7 Å². The number of pyridine rings is 1. The summed E-state index contributed by atoms with van der Waals surface area (Å²) in [6, 6.07) is 12.1. The van der Waals surface area contributed by atoms with E-state index in [1.807, 2.05) is 69.8 Å². The Morgan fingerprint density at radius 3 is 2.60 bits per heavy atom. The van der Waals surface area contributed by atoms with Crippen molar-refractivity contribution >= 4 is 28.1 Å². The SMILES string of the molecule is Cc1ccc2nc(-c3cccs3)cc(C(=O)N(C)CCN(C)C)c2c1. The molecule has 5 heteroatoms. The van der Waals surface area contributed by atoms with E-state index in [-0.39, 0.29) is 5.91 Å². The van der Waals surface area contributed by atoms with Crippen LogP contribution in [0.25, 0.3) is 21.5 Å². The van der Waals surface area contributed by atoms with E-state index in [1.54, 1.807) is 16.2 Å². The predicted octanol–water partition coefficient (Wildman–Crippen LogP) is 3.91. The van der Waals surface area contributed by atoms with Gasteiger partial charge in [-0.15, -0.1) is 11.3 Å². The van der Waals surface area contributed by atoms with Crippen LogP contribution in [0.15, 0.2) is 41.8 Å². The zero-order valence-electron chi connectivity index (χ0n) is 15.1. The molecule has 1 aromatic carbocycles. The van der Waals surface area contributed by atoms with Crippen LogP contribution in [0.3, 0.4) is 0 Å². The molecule has 0 bridgehead atoms. The normalized spacial score (nSPS) is 11.2. The van der Waals surface area contributed by atoms with Gasteiger partial charge in [-0.1, -0.05) is 17.7 Å². The lowest BCUT2D eigenvalue weighted by Crippen LogP contribution is -2.33. The Balaban J connectivity index is 2.08. The van der Waals surface area contributed by atoms with Crippen LogP contribution in [0.1, 0.15) is 15.9 Å². The maximum atomic E-state index is 13.1. The first kappa shape index (κ1) is 17.6. The van der Waals surface area contributed by atoms with Crippen molar-refractivity contribution < 1.29 is 4.79 Å². The molecule has 1 amide bonds. The molecule has 0 spiro atoms. The molecule has 0 saturated carbocycles.